The topological polar surface area (TPSA) is 24.4 Å². The second-order valence-electron chi connectivity index (χ2n) is 7.95. The number of nitrogens with one attached hydrogen (secondary N) is 1. The van der Waals surface area contributed by atoms with E-state index < -0.39 is 0 Å². The molecule has 0 radical (unpaired) electrons. The first kappa shape index (κ1) is 18.0. The van der Waals surface area contributed by atoms with Crippen LogP contribution in [0.1, 0.15) is 64.9 Å². The van der Waals surface area contributed by atoms with Gasteiger partial charge in [0.2, 0.25) is 0 Å². The first-order valence-corrected chi connectivity index (χ1v) is 12.4. The van der Waals surface area contributed by atoms with Gasteiger partial charge < -0.3 is 0 Å². The molecular formula is C21H30IN2-. The van der Waals surface area contributed by atoms with Crippen molar-refractivity contribution in [3.63, 3.8) is 0 Å². The number of alkyl halides is 1. The molecule has 0 bridgehead atoms. The number of halogens is 1. The van der Waals surface area contributed by atoms with Crippen LogP contribution in [0.4, 0.5) is 0 Å². The Bertz CT molecular complexity index is 640. The summed E-state index contributed by atoms with van der Waals surface area (Å²) in [6.45, 7) is 7.07. The molecule has 0 saturated heterocycles. The van der Waals surface area contributed by atoms with Gasteiger partial charge in [-0.3, -0.25) is 0 Å². The Morgan fingerprint density at radius 3 is 2.58 bits per heavy atom. The van der Waals surface area contributed by atoms with Crippen molar-refractivity contribution in [1.29, 1.82) is 0 Å². The number of nitrogens with zero attached hydrogens (tertiary/aromatic N) is 1. The molecule has 1 heterocycles. The number of rotatable bonds is 2. The van der Waals surface area contributed by atoms with Crippen molar-refractivity contribution in [3.05, 3.63) is 44.7 Å². The Morgan fingerprint density at radius 1 is 1.12 bits per heavy atom. The van der Waals surface area contributed by atoms with Crippen LogP contribution < -0.4 is 26.6 Å². The third kappa shape index (κ3) is 4.04. The summed E-state index contributed by atoms with van der Waals surface area (Å²) in [5, 5.41) is 4.79. The molecule has 1 aromatic rings. The van der Waals surface area contributed by atoms with Crippen LogP contribution in [0, 0.1) is 14.9 Å². The third-order valence-electron chi connectivity index (χ3n) is 5.45. The van der Waals surface area contributed by atoms with Crippen molar-refractivity contribution >= 4 is 5.71 Å². The van der Waals surface area contributed by atoms with Crippen molar-refractivity contribution < 1.29 is 21.2 Å². The molecule has 3 heteroatoms. The average molecular weight is 437 g/mol. The second-order valence-corrected chi connectivity index (χ2v) is 10.3. The fraction of sp³-hybridized carbons (Fsp3) is 0.571. The molecule has 0 spiro atoms. The van der Waals surface area contributed by atoms with Gasteiger partial charge in [-0.15, -0.1) is 0 Å². The number of hydrogen-bond donors (Lipinski definition) is 1. The van der Waals surface area contributed by atoms with Gasteiger partial charge in [0.1, 0.15) is 0 Å². The number of hydrogen-bond acceptors (Lipinski definition) is 2. The molecule has 1 fully saturated rings. The minimum absolute atomic E-state index is 0.165. The van der Waals surface area contributed by atoms with Crippen LogP contribution in [0.25, 0.3) is 0 Å². The van der Waals surface area contributed by atoms with Crippen LogP contribution in [0.5, 0.6) is 0 Å². The molecule has 132 valence electrons. The Morgan fingerprint density at radius 2 is 1.88 bits per heavy atom. The summed E-state index contributed by atoms with van der Waals surface area (Å²) in [4.78, 5) is 2.32. The zero-order chi connectivity index (χ0) is 17.2. The fourth-order valence-corrected chi connectivity index (χ4v) is 5.11. The second kappa shape index (κ2) is 7.59. The monoisotopic (exact) mass is 437 g/mol. The Labute approximate surface area is 157 Å². The predicted molar refractivity (Wildman–Crippen MR) is 98.4 cm³/mol. The van der Waals surface area contributed by atoms with Gasteiger partial charge >= 0.3 is 158 Å². The zero-order valence-electron chi connectivity index (χ0n) is 15.5. The molecule has 1 saturated carbocycles. The summed E-state index contributed by atoms with van der Waals surface area (Å²) in [5.41, 5.74) is 9.17. The van der Waals surface area contributed by atoms with E-state index in [0.29, 0.717) is 11.3 Å². The van der Waals surface area contributed by atoms with Gasteiger partial charge in [0.25, 0.3) is 0 Å². The summed E-state index contributed by atoms with van der Waals surface area (Å²) in [7, 11) is 0. The van der Waals surface area contributed by atoms with E-state index in [1.54, 1.807) is 5.57 Å². The van der Waals surface area contributed by atoms with Crippen molar-refractivity contribution in [2.45, 2.75) is 59.3 Å². The maximum absolute atomic E-state index is 4.79. The summed E-state index contributed by atoms with van der Waals surface area (Å²) in [5.74, 6) is 0.491. The molecule has 1 aliphatic carbocycles. The summed E-state index contributed by atoms with van der Waals surface area (Å²) < 4.78 is 1.50. The van der Waals surface area contributed by atoms with Gasteiger partial charge in [-0.2, -0.15) is 0 Å². The van der Waals surface area contributed by atoms with Crippen LogP contribution in [-0.4, -0.2) is 10.6 Å². The Hall–Kier alpha value is -0.840. The van der Waals surface area contributed by atoms with Crippen LogP contribution in [-0.2, 0) is 0 Å². The van der Waals surface area contributed by atoms with Gasteiger partial charge in [-0.05, 0) is 0 Å². The molecule has 1 atom stereocenters. The number of fused-ring (bicyclic) bond motifs is 1. The molecule has 0 amide bonds. The van der Waals surface area contributed by atoms with E-state index >= 15 is 0 Å². The van der Waals surface area contributed by atoms with E-state index in [9.17, 15) is 0 Å². The van der Waals surface area contributed by atoms with Crippen molar-refractivity contribution in [1.82, 2.24) is 5.43 Å². The van der Waals surface area contributed by atoms with E-state index in [0.717, 1.165) is 0 Å². The Kier molecular flexibility index (Phi) is 5.68. The van der Waals surface area contributed by atoms with Gasteiger partial charge in [0.05, 0.1) is 0 Å². The van der Waals surface area contributed by atoms with Gasteiger partial charge in [0, 0.05) is 0 Å². The first-order chi connectivity index (χ1) is 11.5. The summed E-state index contributed by atoms with van der Waals surface area (Å²) >= 11 is 0.165. The van der Waals surface area contributed by atoms with E-state index in [4.69, 9.17) is 5.10 Å². The van der Waals surface area contributed by atoms with E-state index in [1.807, 2.05) is 0 Å². The van der Waals surface area contributed by atoms with Crippen molar-refractivity contribution in [3.8, 4) is 0 Å². The van der Waals surface area contributed by atoms with Crippen LogP contribution in [0.2, 0.25) is 0 Å². The molecule has 2 nitrogen and oxygen atoms in total. The standard InChI is InChI=1S/C21H30IN2/c1-15-19-14-21(2,3)13-7-5-6-8-18(19)20(24-23-15)16-9-11-17(22-4)12-10-16/h9-12,18,23H,5-8,13-14H2,1-4H3/q-1. The molecule has 3 rings (SSSR count). The van der Waals surface area contributed by atoms with Gasteiger partial charge in [0.15, 0.2) is 0 Å². The van der Waals surface area contributed by atoms with Crippen LogP contribution >= 0.6 is 0 Å². The van der Waals surface area contributed by atoms with Crippen molar-refractivity contribution in [2.24, 2.45) is 16.4 Å². The normalized spacial score (nSPS) is 24.3. The van der Waals surface area contributed by atoms with E-state index in [1.165, 1.54) is 59.1 Å². The van der Waals surface area contributed by atoms with Crippen molar-refractivity contribution in [2.75, 3.05) is 4.93 Å². The maximum atomic E-state index is 4.79. The van der Waals surface area contributed by atoms with Crippen LogP contribution in [0.3, 0.4) is 0 Å². The molecule has 1 unspecified atom stereocenters. The van der Waals surface area contributed by atoms with Gasteiger partial charge in [-0.1, -0.05) is 0 Å². The minimum atomic E-state index is 0.165. The zero-order valence-corrected chi connectivity index (χ0v) is 17.6. The quantitative estimate of drug-likeness (QED) is 0.557. The predicted octanol–water partition coefficient (Wildman–Crippen LogP) is 2.15. The summed E-state index contributed by atoms with van der Waals surface area (Å²) in [6.07, 6.45) is 7.79. The summed E-state index contributed by atoms with van der Waals surface area (Å²) in [6, 6.07) is 9.17. The molecule has 1 aromatic carbocycles. The average Bonchev–Trinajstić information content (AvgIpc) is 2.64. The first-order valence-electron chi connectivity index (χ1n) is 9.13. The molecule has 1 aliphatic heterocycles. The molecule has 1 N–H and O–H groups in total. The number of benzene rings is 1. The molecule has 2 aliphatic rings. The third-order valence-corrected chi connectivity index (χ3v) is 7.41. The molecular weight excluding hydrogens is 407 g/mol. The van der Waals surface area contributed by atoms with E-state index in [2.05, 4.69) is 55.4 Å². The molecule has 0 aromatic heterocycles. The SMILES string of the molecule is C[I-]c1ccc(C2=NNC(C)=C3CC(C)(C)CCCCCC23)cc1. The Balaban J connectivity index is 1.94. The fourth-order valence-electron chi connectivity index (χ4n) is 4.03. The van der Waals surface area contributed by atoms with Crippen LogP contribution in [0.15, 0.2) is 40.6 Å². The van der Waals surface area contributed by atoms with Gasteiger partial charge in [-0.25, -0.2) is 0 Å². The molecule has 24 heavy (non-hydrogen) atoms. The number of hydrazone groups is 1. The number of allylic oxidation sites excluding steroid dienone is 2. The van der Waals surface area contributed by atoms with E-state index in [-0.39, 0.29) is 21.2 Å².